The highest BCUT2D eigenvalue weighted by Gasteiger charge is 2.36. The first-order chi connectivity index (χ1) is 23.0. The first kappa shape index (κ1) is 36.4. The summed E-state index contributed by atoms with van der Waals surface area (Å²) in [5, 5.41) is 26.0. The van der Waals surface area contributed by atoms with Crippen molar-refractivity contribution in [3.05, 3.63) is 89.5 Å². The fraction of sp³-hybridized carbons (Fsp3) is 0.378. The van der Waals surface area contributed by atoms with Crippen LogP contribution >= 0.6 is 0 Å². The molecule has 0 spiro atoms. The van der Waals surface area contributed by atoms with Gasteiger partial charge < -0.3 is 35.6 Å². The number of rotatable bonds is 14. The van der Waals surface area contributed by atoms with E-state index in [0.29, 0.717) is 11.3 Å². The number of aliphatic carboxylic acids is 2. The third-order valence-corrected chi connectivity index (χ3v) is 7.99. The molecule has 4 rings (SSSR count). The van der Waals surface area contributed by atoms with Crippen molar-refractivity contribution < 1.29 is 43.7 Å². The predicted octanol–water partition coefficient (Wildman–Crippen LogP) is 4.64. The molecule has 12 nitrogen and oxygen atoms in total. The van der Waals surface area contributed by atoms with Crippen LogP contribution in [0.25, 0.3) is 11.1 Å². The predicted molar refractivity (Wildman–Crippen MR) is 181 cm³/mol. The SMILES string of the molecule is CC(C)(C)Oc1ccc(C[C@H](NC(=O)OCC2c3ccccc3-c3ccccc32)C(=O)NC(C)(C)C(=O)N[C@@H](CCC(=O)O)C(=O)O)cc1. The average Bonchev–Trinajstić information content (AvgIpc) is 3.34. The van der Waals surface area contributed by atoms with Crippen LogP contribution < -0.4 is 20.7 Å². The van der Waals surface area contributed by atoms with Crippen LogP contribution in [0.2, 0.25) is 0 Å². The number of fused-ring (bicyclic) bond motifs is 3. The second kappa shape index (κ2) is 15.2. The van der Waals surface area contributed by atoms with Crippen LogP contribution in [0.3, 0.4) is 0 Å². The smallest absolute Gasteiger partial charge is 0.407 e. The first-order valence-electron chi connectivity index (χ1n) is 16.0. The molecule has 1 aliphatic carbocycles. The normalized spacial score (nSPS) is 13.7. The summed E-state index contributed by atoms with van der Waals surface area (Å²) in [6.45, 7) is 8.53. The Bertz CT molecular complexity index is 1650. The summed E-state index contributed by atoms with van der Waals surface area (Å²) in [6.07, 6.45) is -1.63. The molecule has 3 amide bonds. The summed E-state index contributed by atoms with van der Waals surface area (Å²) in [7, 11) is 0. The van der Waals surface area contributed by atoms with E-state index in [0.717, 1.165) is 22.3 Å². The number of carboxylic acid groups (broad SMARTS) is 2. The Hall–Kier alpha value is -5.39. The van der Waals surface area contributed by atoms with E-state index in [4.69, 9.17) is 14.6 Å². The van der Waals surface area contributed by atoms with Crippen molar-refractivity contribution in [2.24, 2.45) is 0 Å². The zero-order valence-electron chi connectivity index (χ0n) is 28.2. The van der Waals surface area contributed by atoms with Gasteiger partial charge in [0.1, 0.15) is 35.6 Å². The molecule has 0 heterocycles. The molecule has 0 saturated heterocycles. The van der Waals surface area contributed by atoms with E-state index in [-0.39, 0.29) is 25.4 Å². The molecule has 49 heavy (non-hydrogen) atoms. The average molecular weight is 674 g/mol. The third kappa shape index (κ3) is 9.82. The molecule has 3 aromatic rings. The Balaban J connectivity index is 1.49. The summed E-state index contributed by atoms with van der Waals surface area (Å²) in [5.41, 5.74) is 2.81. The van der Waals surface area contributed by atoms with Crippen LogP contribution in [0, 0.1) is 0 Å². The largest absolute Gasteiger partial charge is 0.488 e. The van der Waals surface area contributed by atoms with E-state index in [1.165, 1.54) is 13.8 Å². The summed E-state index contributed by atoms with van der Waals surface area (Å²) < 4.78 is 11.6. The number of carbonyl (C=O) groups excluding carboxylic acids is 3. The molecule has 12 heteroatoms. The minimum absolute atomic E-state index is 0.0217. The maximum atomic E-state index is 13.7. The van der Waals surface area contributed by atoms with Crippen molar-refractivity contribution in [3.63, 3.8) is 0 Å². The zero-order valence-corrected chi connectivity index (χ0v) is 28.2. The number of hydrogen-bond acceptors (Lipinski definition) is 7. The van der Waals surface area contributed by atoms with Crippen molar-refractivity contribution in [2.75, 3.05) is 6.61 Å². The van der Waals surface area contributed by atoms with E-state index in [9.17, 15) is 29.1 Å². The van der Waals surface area contributed by atoms with E-state index in [1.54, 1.807) is 24.3 Å². The lowest BCUT2D eigenvalue weighted by molar-refractivity contribution is -0.144. The molecule has 0 aliphatic heterocycles. The van der Waals surface area contributed by atoms with E-state index in [2.05, 4.69) is 16.0 Å². The lowest BCUT2D eigenvalue weighted by Gasteiger charge is -2.29. The topological polar surface area (TPSA) is 180 Å². The van der Waals surface area contributed by atoms with Crippen LogP contribution in [0.15, 0.2) is 72.8 Å². The highest BCUT2D eigenvalue weighted by atomic mass is 16.5. The van der Waals surface area contributed by atoms with Crippen molar-refractivity contribution in [1.82, 2.24) is 16.0 Å². The third-order valence-electron chi connectivity index (χ3n) is 7.99. The van der Waals surface area contributed by atoms with E-state index < -0.39 is 59.5 Å². The van der Waals surface area contributed by atoms with Gasteiger partial charge in [-0.3, -0.25) is 14.4 Å². The Morgan fingerprint density at radius 3 is 1.88 bits per heavy atom. The molecule has 1 aliphatic rings. The van der Waals surface area contributed by atoms with Gasteiger partial charge in [0.15, 0.2) is 0 Å². The number of ether oxygens (including phenoxy) is 2. The van der Waals surface area contributed by atoms with Gasteiger partial charge in [0.25, 0.3) is 0 Å². The van der Waals surface area contributed by atoms with Gasteiger partial charge >= 0.3 is 18.0 Å². The zero-order chi connectivity index (χ0) is 35.9. The van der Waals surface area contributed by atoms with Crippen LogP contribution in [-0.2, 0) is 30.3 Å². The van der Waals surface area contributed by atoms with Crippen LogP contribution in [0.4, 0.5) is 4.79 Å². The second-order valence-corrected chi connectivity index (χ2v) is 13.5. The first-order valence-corrected chi connectivity index (χ1v) is 16.0. The summed E-state index contributed by atoms with van der Waals surface area (Å²) in [4.78, 5) is 62.7. The van der Waals surface area contributed by atoms with Crippen molar-refractivity contribution >= 4 is 29.8 Å². The molecule has 0 radical (unpaired) electrons. The van der Waals surface area contributed by atoms with Gasteiger partial charge in [-0.1, -0.05) is 60.7 Å². The van der Waals surface area contributed by atoms with Crippen molar-refractivity contribution in [1.29, 1.82) is 0 Å². The number of carbonyl (C=O) groups is 5. The minimum atomic E-state index is -1.64. The van der Waals surface area contributed by atoms with Gasteiger partial charge in [0.2, 0.25) is 11.8 Å². The number of benzene rings is 3. The van der Waals surface area contributed by atoms with Gasteiger partial charge in [-0.2, -0.15) is 0 Å². The number of nitrogens with one attached hydrogen (secondary N) is 3. The number of hydrogen-bond donors (Lipinski definition) is 5. The van der Waals surface area contributed by atoms with Gasteiger partial charge in [-0.05, 0) is 81.0 Å². The van der Waals surface area contributed by atoms with Crippen LogP contribution in [0.1, 0.15) is 70.1 Å². The molecule has 3 aromatic carbocycles. The number of carboxylic acids is 2. The summed E-state index contributed by atoms with van der Waals surface area (Å²) in [5.74, 6) is -3.77. The van der Waals surface area contributed by atoms with Crippen LogP contribution in [0.5, 0.6) is 5.75 Å². The molecule has 0 saturated carbocycles. The molecule has 0 bridgehead atoms. The molecule has 0 fully saturated rings. The standard InChI is InChI=1S/C37H43N3O9/c1-36(2,3)49-23-16-14-22(15-17-23)20-30(32(43)40-37(4,5)34(46)38-29(33(44)45)18-19-31(41)42)39-35(47)48-21-28-26-12-8-6-10-24(26)25-11-7-9-13-27(25)28/h6-17,28-30H,18-21H2,1-5H3,(H,38,46)(H,39,47)(H,40,43)(H,41,42)(H,44,45)/t29-,30-/m0/s1. The molecular weight excluding hydrogens is 630 g/mol. The summed E-state index contributed by atoms with van der Waals surface area (Å²) in [6, 6.07) is 20.2. The van der Waals surface area contributed by atoms with Crippen molar-refractivity contribution in [3.8, 4) is 16.9 Å². The number of alkyl carbamates (subject to hydrolysis) is 1. The van der Waals surface area contributed by atoms with Gasteiger partial charge in [0, 0.05) is 18.8 Å². The Labute approximate surface area is 285 Å². The number of amides is 3. The minimum Gasteiger partial charge on any atom is -0.488 e. The fourth-order valence-corrected chi connectivity index (χ4v) is 5.59. The molecule has 260 valence electrons. The molecule has 0 unspecified atom stereocenters. The lowest BCUT2D eigenvalue weighted by Crippen LogP contribution is -2.61. The highest BCUT2D eigenvalue weighted by Crippen LogP contribution is 2.44. The summed E-state index contributed by atoms with van der Waals surface area (Å²) >= 11 is 0. The maximum Gasteiger partial charge on any atom is 0.407 e. The van der Waals surface area contributed by atoms with Crippen LogP contribution in [-0.4, -0.2) is 69.9 Å². The monoisotopic (exact) mass is 673 g/mol. The molecule has 0 aromatic heterocycles. The van der Waals surface area contributed by atoms with Gasteiger partial charge in [0.05, 0.1) is 0 Å². The van der Waals surface area contributed by atoms with E-state index >= 15 is 0 Å². The fourth-order valence-electron chi connectivity index (χ4n) is 5.59. The van der Waals surface area contributed by atoms with Crippen molar-refractivity contribution in [2.45, 2.75) is 83.0 Å². The van der Waals surface area contributed by atoms with Gasteiger partial charge in [-0.25, -0.2) is 9.59 Å². The molecular formula is C37H43N3O9. The lowest BCUT2D eigenvalue weighted by atomic mass is 9.98. The van der Waals surface area contributed by atoms with E-state index in [1.807, 2.05) is 69.3 Å². The Kier molecular flexibility index (Phi) is 11.3. The Morgan fingerprint density at radius 1 is 0.776 bits per heavy atom. The molecule has 5 N–H and O–H groups in total. The molecule has 2 atom stereocenters. The Morgan fingerprint density at radius 2 is 1.35 bits per heavy atom. The highest BCUT2D eigenvalue weighted by molar-refractivity contribution is 5.95. The second-order valence-electron chi connectivity index (χ2n) is 13.5. The van der Waals surface area contributed by atoms with Gasteiger partial charge in [-0.15, -0.1) is 0 Å². The maximum absolute atomic E-state index is 13.7. The quantitative estimate of drug-likeness (QED) is 0.163.